The molecule has 0 aliphatic rings. The van der Waals surface area contributed by atoms with Crippen molar-refractivity contribution >= 4 is 11.6 Å². The molecule has 0 saturated carbocycles. The monoisotopic (exact) mass is 254 g/mol. The second-order valence-electron chi connectivity index (χ2n) is 4.70. The van der Waals surface area contributed by atoms with Crippen molar-refractivity contribution in [2.75, 3.05) is 5.73 Å². The van der Waals surface area contributed by atoms with E-state index in [-0.39, 0.29) is 5.91 Å². The summed E-state index contributed by atoms with van der Waals surface area (Å²) in [5.41, 5.74) is 10.2. The number of aryl methyl sites for hydroxylation is 2. The number of nitrogens with one attached hydrogen (secondary N) is 1. The molecule has 0 bridgehead atoms. The van der Waals surface area contributed by atoms with Crippen molar-refractivity contribution in [3.05, 3.63) is 64.7 Å². The Kier molecular flexibility index (Phi) is 3.85. The molecule has 0 aliphatic heterocycles. The number of amides is 1. The van der Waals surface area contributed by atoms with Gasteiger partial charge in [0.05, 0.1) is 5.56 Å². The lowest BCUT2D eigenvalue weighted by atomic mass is 10.1. The van der Waals surface area contributed by atoms with Gasteiger partial charge in [0.1, 0.15) is 0 Å². The van der Waals surface area contributed by atoms with Crippen molar-refractivity contribution in [3.63, 3.8) is 0 Å². The Bertz CT molecular complexity index is 588. The minimum Gasteiger partial charge on any atom is -0.398 e. The summed E-state index contributed by atoms with van der Waals surface area (Å²) in [5.74, 6) is -0.137. The molecule has 0 saturated heterocycles. The Hall–Kier alpha value is -2.29. The summed E-state index contributed by atoms with van der Waals surface area (Å²) in [4.78, 5) is 12.1. The topological polar surface area (TPSA) is 55.1 Å². The second-order valence-corrected chi connectivity index (χ2v) is 4.70. The molecule has 0 unspecified atom stereocenters. The highest BCUT2D eigenvalue weighted by molar-refractivity contribution is 5.99. The molecule has 0 atom stereocenters. The van der Waals surface area contributed by atoms with Crippen LogP contribution in [0.2, 0.25) is 0 Å². The molecular formula is C16H18N2O. The standard InChI is InChI=1S/C16H18N2O/c1-11-6-8-13(9-7-11)10-18-16(19)14-5-3-4-12(2)15(14)17/h3-9H,10,17H2,1-2H3,(H,18,19). The molecule has 2 aromatic carbocycles. The van der Waals surface area contributed by atoms with Crippen molar-refractivity contribution in [1.29, 1.82) is 0 Å². The first-order valence-electron chi connectivity index (χ1n) is 6.27. The van der Waals surface area contributed by atoms with Crippen LogP contribution >= 0.6 is 0 Å². The molecule has 3 N–H and O–H groups in total. The minimum atomic E-state index is -0.137. The van der Waals surface area contributed by atoms with Crippen molar-refractivity contribution in [1.82, 2.24) is 5.32 Å². The fraction of sp³-hybridized carbons (Fsp3) is 0.188. The highest BCUT2D eigenvalue weighted by atomic mass is 16.1. The van der Waals surface area contributed by atoms with Gasteiger partial charge >= 0.3 is 0 Å². The quantitative estimate of drug-likeness (QED) is 0.827. The number of nitrogen functional groups attached to an aromatic ring is 1. The lowest BCUT2D eigenvalue weighted by molar-refractivity contribution is 0.0951. The van der Waals surface area contributed by atoms with E-state index in [9.17, 15) is 4.79 Å². The van der Waals surface area contributed by atoms with Crippen LogP contribution < -0.4 is 11.1 Å². The van der Waals surface area contributed by atoms with Gasteiger partial charge < -0.3 is 11.1 Å². The molecule has 3 nitrogen and oxygen atoms in total. The molecule has 2 rings (SSSR count). The molecule has 0 spiro atoms. The molecule has 2 aromatic rings. The van der Waals surface area contributed by atoms with E-state index in [0.29, 0.717) is 17.8 Å². The maximum Gasteiger partial charge on any atom is 0.253 e. The third-order valence-corrected chi connectivity index (χ3v) is 3.14. The Balaban J connectivity index is 2.05. The van der Waals surface area contributed by atoms with Gasteiger partial charge in [0.15, 0.2) is 0 Å². The highest BCUT2D eigenvalue weighted by Gasteiger charge is 2.10. The van der Waals surface area contributed by atoms with E-state index >= 15 is 0 Å². The average Bonchev–Trinajstić information content (AvgIpc) is 2.41. The van der Waals surface area contributed by atoms with E-state index in [1.807, 2.05) is 50.2 Å². The number of carbonyl (C=O) groups excluding carboxylic acids is 1. The summed E-state index contributed by atoms with van der Waals surface area (Å²) >= 11 is 0. The van der Waals surface area contributed by atoms with E-state index in [2.05, 4.69) is 5.32 Å². The Morgan fingerprint density at radius 2 is 1.79 bits per heavy atom. The van der Waals surface area contributed by atoms with Crippen LogP contribution in [-0.4, -0.2) is 5.91 Å². The van der Waals surface area contributed by atoms with Crippen molar-refractivity contribution in [2.45, 2.75) is 20.4 Å². The lowest BCUT2D eigenvalue weighted by Gasteiger charge is -2.09. The van der Waals surface area contributed by atoms with Crippen LogP contribution in [0.5, 0.6) is 0 Å². The Morgan fingerprint density at radius 1 is 1.11 bits per heavy atom. The molecule has 19 heavy (non-hydrogen) atoms. The number of benzene rings is 2. The normalized spacial score (nSPS) is 10.2. The van der Waals surface area contributed by atoms with Gasteiger partial charge in [-0.1, -0.05) is 42.0 Å². The van der Waals surface area contributed by atoms with E-state index in [4.69, 9.17) is 5.73 Å². The van der Waals surface area contributed by atoms with Gasteiger partial charge in [-0.15, -0.1) is 0 Å². The minimum absolute atomic E-state index is 0.137. The van der Waals surface area contributed by atoms with Crippen LogP contribution in [0.3, 0.4) is 0 Å². The summed E-state index contributed by atoms with van der Waals surface area (Å²) < 4.78 is 0. The number of para-hydroxylation sites is 1. The SMILES string of the molecule is Cc1ccc(CNC(=O)c2cccc(C)c2N)cc1. The fourth-order valence-electron chi connectivity index (χ4n) is 1.86. The molecule has 0 radical (unpaired) electrons. The largest absolute Gasteiger partial charge is 0.398 e. The Morgan fingerprint density at radius 3 is 2.47 bits per heavy atom. The van der Waals surface area contributed by atoms with Gasteiger partial charge in [0, 0.05) is 12.2 Å². The molecule has 0 aliphatic carbocycles. The van der Waals surface area contributed by atoms with Crippen LogP contribution in [0, 0.1) is 13.8 Å². The predicted octanol–water partition coefficient (Wildman–Crippen LogP) is 2.82. The number of hydrogen-bond acceptors (Lipinski definition) is 2. The summed E-state index contributed by atoms with van der Waals surface area (Å²) in [5, 5.41) is 2.88. The number of anilines is 1. The summed E-state index contributed by atoms with van der Waals surface area (Å²) in [7, 11) is 0. The summed E-state index contributed by atoms with van der Waals surface area (Å²) in [6.45, 7) is 4.44. The van der Waals surface area contributed by atoms with Gasteiger partial charge in [0.25, 0.3) is 5.91 Å². The first kappa shape index (κ1) is 13.1. The number of carbonyl (C=O) groups is 1. The Labute approximate surface area is 113 Å². The smallest absolute Gasteiger partial charge is 0.253 e. The molecule has 0 aromatic heterocycles. The van der Waals surface area contributed by atoms with Crippen molar-refractivity contribution in [2.24, 2.45) is 0 Å². The third-order valence-electron chi connectivity index (χ3n) is 3.14. The van der Waals surface area contributed by atoms with E-state index in [0.717, 1.165) is 11.1 Å². The fourth-order valence-corrected chi connectivity index (χ4v) is 1.86. The lowest BCUT2D eigenvalue weighted by Crippen LogP contribution is -2.24. The van der Waals surface area contributed by atoms with Crippen LogP contribution in [0.25, 0.3) is 0 Å². The number of rotatable bonds is 3. The zero-order chi connectivity index (χ0) is 13.8. The number of hydrogen-bond donors (Lipinski definition) is 2. The highest BCUT2D eigenvalue weighted by Crippen LogP contribution is 2.16. The van der Waals surface area contributed by atoms with Crippen LogP contribution in [-0.2, 0) is 6.54 Å². The maximum atomic E-state index is 12.1. The first-order chi connectivity index (χ1) is 9.08. The molecular weight excluding hydrogens is 236 g/mol. The summed E-state index contributed by atoms with van der Waals surface area (Å²) in [6, 6.07) is 13.6. The first-order valence-corrected chi connectivity index (χ1v) is 6.27. The summed E-state index contributed by atoms with van der Waals surface area (Å²) in [6.07, 6.45) is 0. The van der Waals surface area contributed by atoms with Gasteiger partial charge in [0.2, 0.25) is 0 Å². The van der Waals surface area contributed by atoms with Crippen LogP contribution in [0.4, 0.5) is 5.69 Å². The van der Waals surface area contributed by atoms with Gasteiger partial charge in [-0.05, 0) is 31.0 Å². The van der Waals surface area contributed by atoms with Crippen molar-refractivity contribution in [3.8, 4) is 0 Å². The zero-order valence-corrected chi connectivity index (χ0v) is 11.2. The molecule has 3 heteroatoms. The number of nitrogens with two attached hydrogens (primary N) is 1. The average molecular weight is 254 g/mol. The zero-order valence-electron chi connectivity index (χ0n) is 11.2. The van der Waals surface area contributed by atoms with Gasteiger partial charge in [-0.3, -0.25) is 4.79 Å². The maximum absolute atomic E-state index is 12.1. The molecule has 0 heterocycles. The second kappa shape index (κ2) is 5.57. The molecule has 0 fully saturated rings. The van der Waals surface area contributed by atoms with Gasteiger partial charge in [-0.25, -0.2) is 0 Å². The van der Waals surface area contributed by atoms with Crippen molar-refractivity contribution < 1.29 is 4.79 Å². The van der Waals surface area contributed by atoms with Crippen LogP contribution in [0.1, 0.15) is 27.0 Å². The third kappa shape index (κ3) is 3.13. The molecule has 1 amide bonds. The van der Waals surface area contributed by atoms with E-state index in [1.54, 1.807) is 6.07 Å². The predicted molar refractivity (Wildman–Crippen MR) is 77.9 cm³/mol. The van der Waals surface area contributed by atoms with E-state index in [1.165, 1.54) is 5.56 Å². The van der Waals surface area contributed by atoms with Gasteiger partial charge in [-0.2, -0.15) is 0 Å². The van der Waals surface area contributed by atoms with E-state index < -0.39 is 0 Å². The van der Waals surface area contributed by atoms with Crippen LogP contribution in [0.15, 0.2) is 42.5 Å². The molecule has 98 valence electrons.